The third-order valence-electron chi connectivity index (χ3n) is 3.11. The Morgan fingerprint density at radius 3 is 2.33 bits per heavy atom. The van der Waals surface area contributed by atoms with Crippen molar-refractivity contribution >= 4 is 6.21 Å². The Hall–Kier alpha value is -0.590. The predicted molar refractivity (Wildman–Crippen MR) is 52.6 cm³/mol. The van der Waals surface area contributed by atoms with Crippen molar-refractivity contribution in [1.29, 1.82) is 0 Å². The van der Waals surface area contributed by atoms with E-state index in [9.17, 15) is 0 Å². The van der Waals surface area contributed by atoms with E-state index in [0.717, 1.165) is 6.54 Å². The van der Waals surface area contributed by atoms with Gasteiger partial charge in [0, 0.05) is 18.2 Å². The number of hydrogen-bond donors (Lipinski definition) is 0. The molecule has 0 saturated carbocycles. The van der Waals surface area contributed by atoms with E-state index in [2.05, 4.69) is 23.4 Å². The minimum Gasteiger partial charge on any atom is -0.297 e. The van der Waals surface area contributed by atoms with Crippen LogP contribution in [-0.4, -0.2) is 12.8 Å². The van der Waals surface area contributed by atoms with E-state index in [-0.39, 0.29) is 0 Å². The predicted octanol–water partition coefficient (Wildman–Crippen LogP) is 2.97. The third-order valence-corrected chi connectivity index (χ3v) is 3.11. The zero-order valence-corrected chi connectivity index (χ0v) is 7.63. The van der Waals surface area contributed by atoms with Crippen molar-refractivity contribution in [3.63, 3.8) is 0 Å². The molecule has 66 valence electrons. The summed E-state index contributed by atoms with van der Waals surface area (Å²) < 4.78 is 0. The van der Waals surface area contributed by atoms with E-state index in [1.54, 1.807) is 0 Å². The number of hydrogen-bond acceptors (Lipinski definition) is 1. The van der Waals surface area contributed by atoms with E-state index < -0.39 is 0 Å². The van der Waals surface area contributed by atoms with Gasteiger partial charge in [-0.3, -0.25) is 4.99 Å². The first-order chi connectivity index (χ1) is 5.91. The van der Waals surface area contributed by atoms with Crippen LogP contribution in [0.4, 0.5) is 0 Å². The van der Waals surface area contributed by atoms with Crippen LogP contribution in [-0.2, 0) is 0 Å². The molecule has 1 nitrogen and oxygen atoms in total. The van der Waals surface area contributed by atoms with E-state index in [4.69, 9.17) is 0 Å². The Morgan fingerprint density at radius 1 is 1.00 bits per heavy atom. The fraction of sp³-hybridized carbons (Fsp3) is 0.727. The van der Waals surface area contributed by atoms with Gasteiger partial charge in [-0.25, -0.2) is 0 Å². The quantitative estimate of drug-likeness (QED) is 0.487. The van der Waals surface area contributed by atoms with Gasteiger partial charge in [-0.15, -0.1) is 0 Å². The molecule has 0 N–H and O–H groups in total. The van der Waals surface area contributed by atoms with Crippen molar-refractivity contribution in [3.05, 3.63) is 12.2 Å². The lowest BCUT2D eigenvalue weighted by Gasteiger charge is -2.31. The molecule has 0 amide bonds. The zero-order valence-electron chi connectivity index (χ0n) is 7.63. The Labute approximate surface area is 74.6 Å². The van der Waals surface area contributed by atoms with Gasteiger partial charge in [0.25, 0.3) is 0 Å². The Kier molecular flexibility index (Phi) is 2.29. The van der Waals surface area contributed by atoms with Gasteiger partial charge < -0.3 is 0 Å². The monoisotopic (exact) mass is 163 g/mol. The van der Waals surface area contributed by atoms with Crippen LogP contribution in [0.5, 0.6) is 0 Å². The average molecular weight is 163 g/mol. The molecule has 2 rings (SSSR count). The summed E-state index contributed by atoms with van der Waals surface area (Å²) in [5, 5.41) is 0. The molecule has 1 spiro atoms. The van der Waals surface area contributed by atoms with E-state index in [0.29, 0.717) is 5.41 Å². The molecule has 0 aromatic rings. The summed E-state index contributed by atoms with van der Waals surface area (Å²) >= 11 is 0. The van der Waals surface area contributed by atoms with Crippen LogP contribution < -0.4 is 0 Å². The molecule has 0 atom stereocenters. The molecule has 12 heavy (non-hydrogen) atoms. The number of aliphatic imine (C=N–C) groups is 1. The topological polar surface area (TPSA) is 12.4 Å². The van der Waals surface area contributed by atoms with Crippen LogP contribution in [0.1, 0.15) is 38.5 Å². The maximum absolute atomic E-state index is 4.44. The zero-order chi connectivity index (χ0) is 8.28. The standard InChI is InChI=1S/C11H17N/c1-2-4-7-11(6-3-1)8-5-9-12-10-11/h1-2,10H,3-9H2. The van der Waals surface area contributed by atoms with Crippen LogP contribution >= 0.6 is 0 Å². The molecule has 0 unspecified atom stereocenters. The molecular formula is C11H17N. The van der Waals surface area contributed by atoms with Crippen LogP contribution in [0, 0.1) is 5.41 Å². The van der Waals surface area contributed by atoms with E-state index in [1.807, 2.05) is 0 Å². The van der Waals surface area contributed by atoms with Crippen molar-refractivity contribution < 1.29 is 0 Å². The lowest BCUT2D eigenvalue weighted by atomic mass is 9.76. The smallest absolute Gasteiger partial charge is 0.0385 e. The average Bonchev–Trinajstić information content (AvgIpc) is 2.33. The molecule has 2 aliphatic rings. The Morgan fingerprint density at radius 2 is 1.75 bits per heavy atom. The molecule has 1 aliphatic heterocycles. The minimum atomic E-state index is 0.488. The van der Waals surface area contributed by atoms with Gasteiger partial charge in [-0.1, -0.05) is 12.2 Å². The maximum Gasteiger partial charge on any atom is 0.0385 e. The Balaban J connectivity index is 2.08. The summed E-state index contributed by atoms with van der Waals surface area (Å²) in [6.07, 6.45) is 14.8. The first-order valence-corrected chi connectivity index (χ1v) is 5.07. The second-order valence-electron chi connectivity index (χ2n) is 4.05. The van der Waals surface area contributed by atoms with Gasteiger partial charge in [0.15, 0.2) is 0 Å². The second-order valence-corrected chi connectivity index (χ2v) is 4.05. The number of nitrogens with zero attached hydrogens (tertiary/aromatic N) is 1. The van der Waals surface area contributed by atoms with Crippen LogP contribution in [0.3, 0.4) is 0 Å². The van der Waals surface area contributed by atoms with Gasteiger partial charge >= 0.3 is 0 Å². The summed E-state index contributed by atoms with van der Waals surface area (Å²) in [4.78, 5) is 4.44. The van der Waals surface area contributed by atoms with Crippen LogP contribution in [0.15, 0.2) is 17.1 Å². The number of rotatable bonds is 0. The summed E-state index contributed by atoms with van der Waals surface area (Å²) in [6.45, 7) is 1.06. The largest absolute Gasteiger partial charge is 0.297 e. The summed E-state index contributed by atoms with van der Waals surface area (Å²) in [7, 11) is 0. The maximum atomic E-state index is 4.44. The lowest BCUT2D eigenvalue weighted by Crippen LogP contribution is -2.25. The highest BCUT2D eigenvalue weighted by Crippen LogP contribution is 2.37. The van der Waals surface area contributed by atoms with E-state index in [1.165, 1.54) is 38.5 Å². The van der Waals surface area contributed by atoms with Gasteiger partial charge in [-0.05, 0) is 38.5 Å². The van der Waals surface area contributed by atoms with Crippen molar-refractivity contribution in [3.8, 4) is 0 Å². The third kappa shape index (κ3) is 1.60. The molecule has 0 radical (unpaired) electrons. The minimum absolute atomic E-state index is 0.488. The normalized spacial score (nSPS) is 27.3. The summed E-state index contributed by atoms with van der Waals surface area (Å²) in [5.41, 5.74) is 0.488. The highest BCUT2D eigenvalue weighted by molar-refractivity contribution is 5.66. The second kappa shape index (κ2) is 3.42. The van der Waals surface area contributed by atoms with Crippen molar-refractivity contribution in [2.45, 2.75) is 38.5 Å². The fourth-order valence-electron chi connectivity index (χ4n) is 2.33. The fourth-order valence-corrected chi connectivity index (χ4v) is 2.33. The molecule has 0 fully saturated rings. The highest BCUT2D eigenvalue weighted by Gasteiger charge is 2.28. The molecule has 0 aromatic carbocycles. The molecule has 0 saturated heterocycles. The number of allylic oxidation sites excluding steroid dienone is 2. The van der Waals surface area contributed by atoms with Crippen LogP contribution in [0.25, 0.3) is 0 Å². The molecule has 1 heterocycles. The highest BCUT2D eigenvalue weighted by atomic mass is 14.7. The SMILES string of the molecule is C1=CCCC2(C=NCCC2)CC1. The first-order valence-electron chi connectivity index (χ1n) is 5.07. The van der Waals surface area contributed by atoms with Crippen LogP contribution in [0.2, 0.25) is 0 Å². The van der Waals surface area contributed by atoms with Gasteiger partial charge in [0.2, 0.25) is 0 Å². The molecular weight excluding hydrogens is 146 g/mol. The van der Waals surface area contributed by atoms with E-state index >= 15 is 0 Å². The Bertz CT molecular complexity index is 193. The summed E-state index contributed by atoms with van der Waals surface area (Å²) in [6, 6.07) is 0. The van der Waals surface area contributed by atoms with Gasteiger partial charge in [0.1, 0.15) is 0 Å². The summed E-state index contributed by atoms with van der Waals surface area (Å²) in [5.74, 6) is 0. The van der Waals surface area contributed by atoms with Crippen molar-refractivity contribution in [1.82, 2.24) is 0 Å². The lowest BCUT2D eigenvalue weighted by molar-refractivity contribution is 0.329. The molecule has 0 aromatic heterocycles. The van der Waals surface area contributed by atoms with Gasteiger partial charge in [-0.2, -0.15) is 0 Å². The van der Waals surface area contributed by atoms with Crippen molar-refractivity contribution in [2.75, 3.05) is 6.54 Å². The van der Waals surface area contributed by atoms with Gasteiger partial charge in [0.05, 0.1) is 0 Å². The molecule has 0 bridgehead atoms. The molecule has 1 aliphatic carbocycles. The van der Waals surface area contributed by atoms with Crippen molar-refractivity contribution in [2.24, 2.45) is 10.4 Å². The molecule has 1 heteroatoms. The first kappa shape index (κ1) is 8.03.